The first-order valence-electron chi connectivity index (χ1n) is 11.2. The van der Waals surface area contributed by atoms with Gasteiger partial charge in [0.2, 0.25) is 0 Å². The van der Waals surface area contributed by atoms with E-state index in [1.165, 1.54) is 5.56 Å². The molecule has 31 heavy (non-hydrogen) atoms. The molecule has 168 valence electrons. The second-order valence-corrected chi connectivity index (χ2v) is 9.51. The van der Waals surface area contributed by atoms with Crippen molar-refractivity contribution in [1.29, 1.82) is 0 Å². The number of piperidine rings is 1. The molecule has 0 bridgehead atoms. The van der Waals surface area contributed by atoms with Gasteiger partial charge in [-0.25, -0.2) is 4.79 Å². The van der Waals surface area contributed by atoms with Crippen LogP contribution in [0.25, 0.3) is 0 Å². The number of aryl methyl sites for hydroxylation is 1. The number of nitrogens with one attached hydrogen (secondary N) is 1. The maximum absolute atomic E-state index is 13.3. The molecule has 1 aliphatic rings. The van der Waals surface area contributed by atoms with Crippen LogP contribution in [0.15, 0.2) is 48.5 Å². The normalized spacial score (nSPS) is 15.5. The summed E-state index contributed by atoms with van der Waals surface area (Å²) in [6, 6.07) is 16.6. The van der Waals surface area contributed by atoms with Gasteiger partial charge in [-0.1, -0.05) is 42.0 Å². The summed E-state index contributed by atoms with van der Waals surface area (Å²) in [5.41, 5.74) is 3.62. The molecule has 5 heteroatoms. The molecule has 0 saturated carbocycles. The molecule has 1 heterocycles. The van der Waals surface area contributed by atoms with Crippen LogP contribution in [-0.2, 0) is 13.1 Å². The van der Waals surface area contributed by atoms with E-state index in [4.69, 9.17) is 4.74 Å². The third-order valence-corrected chi connectivity index (χ3v) is 6.19. The average molecular weight is 424 g/mol. The van der Waals surface area contributed by atoms with Gasteiger partial charge >= 0.3 is 6.03 Å². The van der Waals surface area contributed by atoms with Crippen molar-refractivity contribution in [3.63, 3.8) is 0 Å². The first-order chi connectivity index (χ1) is 14.8. The van der Waals surface area contributed by atoms with Crippen LogP contribution in [0.2, 0.25) is 0 Å². The number of ether oxygens (including phenoxy) is 1. The Kier molecular flexibility index (Phi) is 7.60. The maximum atomic E-state index is 13.3. The van der Waals surface area contributed by atoms with Crippen LogP contribution in [0.4, 0.5) is 4.79 Å². The molecule has 2 aromatic rings. The molecule has 5 nitrogen and oxygen atoms in total. The summed E-state index contributed by atoms with van der Waals surface area (Å²) in [5.74, 6) is 0.831. The highest BCUT2D eigenvalue weighted by molar-refractivity contribution is 5.74. The van der Waals surface area contributed by atoms with E-state index in [-0.39, 0.29) is 17.6 Å². The molecule has 1 N–H and O–H groups in total. The van der Waals surface area contributed by atoms with Gasteiger partial charge in [0.25, 0.3) is 0 Å². The van der Waals surface area contributed by atoms with E-state index in [9.17, 15) is 4.79 Å². The van der Waals surface area contributed by atoms with E-state index in [0.717, 1.165) is 42.8 Å². The lowest BCUT2D eigenvalue weighted by molar-refractivity contribution is 0.0648. The second-order valence-electron chi connectivity index (χ2n) is 9.51. The monoisotopic (exact) mass is 423 g/mol. The average Bonchev–Trinajstić information content (AvgIpc) is 2.77. The molecule has 0 atom stereocenters. The van der Waals surface area contributed by atoms with Crippen LogP contribution in [-0.4, -0.2) is 47.6 Å². The van der Waals surface area contributed by atoms with Gasteiger partial charge in [-0.3, -0.25) is 4.90 Å². The lowest BCUT2D eigenvalue weighted by atomic mass is 9.97. The summed E-state index contributed by atoms with van der Waals surface area (Å²) in [5, 5.41) is 3.15. The largest absolute Gasteiger partial charge is 0.497 e. The Morgan fingerprint density at radius 2 is 1.61 bits per heavy atom. The van der Waals surface area contributed by atoms with Crippen molar-refractivity contribution in [3.8, 4) is 5.75 Å². The minimum absolute atomic E-state index is 0.00519. The molecule has 2 amide bonds. The van der Waals surface area contributed by atoms with Crippen LogP contribution < -0.4 is 10.1 Å². The molecule has 0 aliphatic carbocycles. The number of amides is 2. The number of rotatable bonds is 6. The number of benzene rings is 2. The van der Waals surface area contributed by atoms with Gasteiger partial charge in [0, 0.05) is 37.8 Å². The smallest absolute Gasteiger partial charge is 0.318 e. The SMILES string of the molecule is COc1ccc(CN(C(=O)NCc2ccc(C)cc2)C2CCN(C(C)(C)C)CC2)cc1. The second kappa shape index (κ2) is 10.2. The topological polar surface area (TPSA) is 44.8 Å². The molecular weight excluding hydrogens is 386 g/mol. The Morgan fingerprint density at radius 1 is 1.03 bits per heavy atom. The first kappa shape index (κ1) is 23.1. The summed E-state index contributed by atoms with van der Waals surface area (Å²) in [4.78, 5) is 17.8. The zero-order valence-corrected chi connectivity index (χ0v) is 19.6. The molecule has 3 rings (SSSR count). The number of hydrogen-bond acceptors (Lipinski definition) is 3. The summed E-state index contributed by atoms with van der Waals surface area (Å²) in [6.45, 7) is 12.0. The Labute approximate surface area is 187 Å². The fourth-order valence-electron chi connectivity index (χ4n) is 4.13. The van der Waals surface area contributed by atoms with Crippen LogP contribution in [0, 0.1) is 6.92 Å². The zero-order chi connectivity index (χ0) is 22.4. The molecular formula is C26H37N3O2. The van der Waals surface area contributed by atoms with Crippen LogP contribution >= 0.6 is 0 Å². The fraction of sp³-hybridized carbons (Fsp3) is 0.500. The Balaban J connectivity index is 1.69. The van der Waals surface area contributed by atoms with Gasteiger partial charge in [-0.05, 0) is 63.8 Å². The number of carbonyl (C=O) groups excluding carboxylic acids is 1. The van der Waals surface area contributed by atoms with Gasteiger partial charge in [0.05, 0.1) is 7.11 Å². The highest BCUT2D eigenvalue weighted by Crippen LogP contribution is 2.25. The summed E-state index contributed by atoms with van der Waals surface area (Å²) in [7, 11) is 1.67. The third-order valence-electron chi connectivity index (χ3n) is 6.19. The Bertz CT molecular complexity index is 832. The van der Waals surface area contributed by atoms with E-state index in [1.54, 1.807) is 7.11 Å². The van der Waals surface area contributed by atoms with Gasteiger partial charge in [0.15, 0.2) is 0 Å². The predicted molar refractivity (Wildman–Crippen MR) is 126 cm³/mol. The lowest BCUT2D eigenvalue weighted by Gasteiger charge is -2.43. The van der Waals surface area contributed by atoms with Crippen molar-refractivity contribution < 1.29 is 9.53 Å². The molecule has 1 saturated heterocycles. The highest BCUT2D eigenvalue weighted by atomic mass is 16.5. The number of hydrogen-bond donors (Lipinski definition) is 1. The number of likely N-dealkylation sites (tertiary alicyclic amines) is 1. The number of methoxy groups -OCH3 is 1. The van der Waals surface area contributed by atoms with Crippen molar-refractivity contribution in [2.45, 2.75) is 65.2 Å². The zero-order valence-electron chi connectivity index (χ0n) is 19.6. The van der Waals surface area contributed by atoms with Gasteiger partial charge in [-0.15, -0.1) is 0 Å². The Morgan fingerprint density at radius 3 is 2.16 bits per heavy atom. The van der Waals surface area contributed by atoms with Crippen LogP contribution in [0.1, 0.15) is 50.3 Å². The minimum atomic E-state index is 0.00519. The molecule has 1 aliphatic heterocycles. The van der Waals surface area contributed by atoms with Gasteiger partial charge < -0.3 is 15.0 Å². The molecule has 0 spiro atoms. The van der Waals surface area contributed by atoms with E-state index in [1.807, 2.05) is 29.2 Å². The quantitative estimate of drug-likeness (QED) is 0.713. The van der Waals surface area contributed by atoms with Crippen molar-refractivity contribution >= 4 is 6.03 Å². The van der Waals surface area contributed by atoms with Gasteiger partial charge in [0.1, 0.15) is 5.75 Å². The van der Waals surface area contributed by atoms with Crippen LogP contribution in [0.5, 0.6) is 5.75 Å². The summed E-state index contributed by atoms with van der Waals surface area (Å²) in [6.07, 6.45) is 1.98. The van der Waals surface area contributed by atoms with Crippen molar-refractivity contribution in [3.05, 3.63) is 65.2 Å². The predicted octanol–water partition coefficient (Wildman–Crippen LogP) is 4.98. The lowest BCUT2D eigenvalue weighted by Crippen LogP contribution is -2.53. The maximum Gasteiger partial charge on any atom is 0.318 e. The van der Waals surface area contributed by atoms with Crippen molar-refractivity contribution in [2.75, 3.05) is 20.2 Å². The highest BCUT2D eigenvalue weighted by Gasteiger charge is 2.31. The van der Waals surface area contributed by atoms with Gasteiger partial charge in [-0.2, -0.15) is 0 Å². The Hall–Kier alpha value is -2.53. The summed E-state index contributed by atoms with van der Waals surface area (Å²) < 4.78 is 5.28. The van der Waals surface area contributed by atoms with Crippen LogP contribution in [0.3, 0.4) is 0 Å². The fourth-order valence-corrected chi connectivity index (χ4v) is 4.13. The van der Waals surface area contributed by atoms with E-state index < -0.39 is 0 Å². The minimum Gasteiger partial charge on any atom is -0.497 e. The van der Waals surface area contributed by atoms with E-state index in [2.05, 4.69) is 62.2 Å². The molecule has 0 aromatic heterocycles. The summed E-state index contributed by atoms with van der Waals surface area (Å²) >= 11 is 0. The first-order valence-corrected chi connectivity index (χ1v) is 11.2. The molecule has 0 radical (unpaired) electrons. The number of nitrogens with zero attached hydrogens (tertiary/aromatic N) is 2. The molecule has 0 unspecified atom stereocenters. The van der Waals surface area contributed by atoms with Crippen molar-refractivity contribution in [2.24, 2.45) is 0 Å². The molecule has 2 aromatic carbocycles. The number of carbonyl (C=O) groups is 1. The van der Waals surface area contributed by atoms with E-state index in [0.29, 0.717) is 13.1 Å². The standard InChI is InChI=1S/C26H37N3O2/c1-20-6-8-21(9-7-20)18-27-25(30)29(19-22-10-12-24(31-5)13-11-22)23-14-16-28(17-15-23)26(2,3)4/h6-13,23H,14-19H2,1-5H3,(H,27,30). The number of urea groups is 1. The third kappa shape index (κ3) is 6.47. The van der Waals surface area contributed by atoms with Crippen molar-refractivity contribution in [1.82, 2.24) is 15.1 Å². The molecule has 1 fully saturated rings. The van der Waals surface area contributed by atoms with E-state index >= 15 is 0 Å².